The van der Waals surface area contributed by atoms with Gasteiger partial charge in [0, 0.05) is 6.04 Å². The first kappa shape index (κ1) is 6.26. The Morgan fingerprint density at radius 1 is 1.44 bits per heavy atom. The van der Waals surface area contributed by atoms with Crippen LogP contribution in [0.15, 0.2) is 12.7 Å². The van der Waals surface area contributed by atoms with Crippen molar-refractivity contribution in [3.05, 3.63) is 12.7 Å². The summed E-state index contributed by atoms with van der Waals surface area (Å²) in [4.78, 5) is 0. The lowest BCUT2D eigenvalue weighted by Gasteiger charge is -2.06. The van der Waals surface area contributed by atoms with Crippen LogP contribution in [0.25, 0.3) is 0 Å². The standard InChI is InChI=1S/C6H11N3/c1-3-6(2)9-4-7-8-5-9/h4-6H,3H2,1-2H3. The molecule has 1 aromatic heterocycles. The Kier molecular flexibility index (Phi) is 1.82. The van der Waals surface area contributed by atoms with Crippen LogP contribution in [0.4, 0.5) is 0 Å². The second kappa shape index (κ2) is 2.62. The van der Waals surface area contributed by atoms with E-state index in [-0.39, 0.29) is 0 Å². The average Bonchev–Trinajstić information content (AvgIpc) is 2.37. The molecule has 0 saturated carbocycles. The summed E-state index contributed by atoms with van der Waals surface area (Å²) in [6.45, 7) is 4.29. The molecule has 0 amide bonds. The first-order valence-corrected chi connectivity index (χ1v) is 3.18. The third kappa shape index (κ3) is 1.28. The van der Waals surface area contributed by atoms with E-state index in [1.807, 2.05) is 4.57 Å². The molecule has 0 aromatic carbocycles. The summed E-state index contributed by atoms with van der Waals surface area (Å²) in [6.07, 6.45) is 4.61. The fourth-order valence-electron chi connectivity index (χ4n) is 0.647. The van der Waals surface area contributed by atoms with Crippen molar-refractivity contribution >= 4 is 0 Å². The Labute approximate surface area is 54.7 Å². The summed E-state index contributed by atoms with van der Waals surface area (Å²) >= 11 is 0. The SMILES string of the molecule is CCC(C)n1cnnc1. The molecule has 0 fully saturated rings. The van der Waals surface area contributed by atoms with Crippen LogP contribution in [0.5, 0.6) is 0 Å². The average molecular weight is 125 g/mol. The van der Waals surface area contributed by atoms with Gasteiger partial charge < -0.3 is 4.57 Å². The van der Waals surface area contributed by atoms with Gasteiger partial charge in [-0.05, 0) is 13.3 Å². The topological polar surface area (TPSA) is 30.7 Å². The maximum absolute atomic E-state index is 3.70. The van der Waals surface area contributed by atoms with Crippen LogP contribution in [-0.4, -0.2) is 14.8 Å². The molecule has 1 heterocycles. The van der Waals surface area contributed by atoms with Gasteiger partial charge in [-0.3, -0.25) is 0 Å². The maximum Gasteiger partial charge on any atom is 0.119 e. The summed E-state index contributed by atoms with van der Waals surface area (Å²) in [5.74, 6) is 0. The van der Waals surface area contributed by atoms with E-state index in [1.54, 1.807) is 12.7 Å². The van der Waals surface area contributed by atoms with Crippen LogP contribution in [0, 0.1) is 0 Å². The van der Waals surface area contributed by atoms with E-state index < -0.39 is 0 Å². The molecule has 3 nitrogen and oxygen atoms in total. The van der Waals surface area contributed by atoms with E-state index in [4.69, 9.17) is 0 Å². The predicted molar refractivity (Wildman–Crippen MR) is 35.0 cm³/mol. The van der Waals surface area contributed by atoms with Gasteiger partial charge in [-0.15, -0.1) is 10.2 Å². The molecule has 0 aliphatic carbocycles. The molecule has 0 bridgehead atoms. The minimum absolute atomic E-state index is 0.528. The third-order valence-corrected chi connectivity index (χ3v) is 1.54. The molecule has 1 aromatic rings. The Hall–Kier alpha value is -0.860. The molecule has 0 radical (unpaired) electrons. The molecular formula is C6H11N3. The van der Waals surface area contributed by atoms with Crippen molar-refractivity contribution in [1.29, 1.82) is 0 Å². The van der Waals surface area contributed by atoms with E-state index in [0.29, 0.717) is 6.04 Å². The Balaban J connectivity index is 2.65. The van der Waals surface area contributed by atoms with Gasteiger partial charge in [-0.2, -0.15) is 0 Å². The van der Waals surface area contributed by atoms with Crippen molar-refractivity contribution in [3.8, 4) is 0 Å². The van der Waals surface area contributed by atoms with Gasteiger partial charge in [0.2, 0.25) is 0 Å². The number of hydrogen-bond acceptors (Lipinski definition) is 2. The van der Waals surface area contributed by atoms with Gasteiger partial charge in [0.25, 0.3) is 0 Å². The quantitative estimate of drug-likeness (QED) is 0.595. The predicted octanol–water partition coefficient (Wildman–Crippen LogP) is 1.25. The van der Waals surface area contributed by atoms with Crippen molar-refractivity contribution in [3.63, 3.8) is 0 Å². The van der Waals surface area contributed by atoms with Crippen molar-refractivity contribution < 1.29 is 0 Å². The molecule has 0 spiro atoms. The van der Waals surface area contributed by atoms with Gasteiger partial charge in [0.15, 0.2) is 0 Å². The first-order chi connectivity index (χ1) is 4.34. The van der Waals surface area contributed by atoms with E-state index in [0.717, 1.165) is 6.42 Å². The summed E-state index contributed by atoms with van der Waals surface area (Å²) in [6, 6.07) is 0.528. The summed E-state index contributed by atoms with van der Waals surface area (Å²) < 4.78 is 2.00. The molecule has 0 aliphatic heterocycles. The summed E-state index contributed by atoms with van der Waals surface area (Å²) in [5.41, 5.74) is 0. The Bertz CT molecular complexity index is 157. The zero-order chi connectivity index (χ0) is 6.69. The van der Waals surface area contributed by atoms with Gasteiger partial charge in [0.1, 0.15) is 12.7 Å². The minimum Gasteiger partial charge on any atom is -0.317 e. The van der Waals surface area contributed by atoms with Gasteiger partial charge in [-0.1, -0.05) is 6.92 Å². The van der Waals surface area contributed by atoms with E-state index >= 15 is 0 Å². The second-order valence-corrected chi connectivity index (χ2v) is 2.17. The molecule has 1 rings (SSSR count). The number of rotatable bonds is 2. The fraction of sp³-hybridized carbons (Fsp3) is 0.667. The van der Waals surface area contributed by atoms with Gasteiger partial charge in [-0.25, -0.2) is 0 Å². The number of aromatic nitrogens is 3. The zero-order valence-electron chi connectivity index (χ0n) is 5.78. The van der Waals surface area contributed by atoms with Crippen molar-refractivity contribution in [1.82, 2.24) is 14.8 Å². The van der Waals surface area contributed by atoms with Crippen LogP contribution in [0.1, 0.15) is 26.3 Å². The highest BCUT2D eigenvalue weighted by Gasteiger charge is 1.97. The molecule has 0 N–H and O–H groups in total. The highest BCUT2D eigenvalue weighted by Crippen LogP contribution is 2.05. The summed E-state index contributed by atoms with van der Waals surface area (Å²) in [5, 5.41) is 7.41. The first-order valence-electron chi connectivity index (χ1n) is 3.18. The second-order valence-electron chi connectivity index (χ2n) is 2.17. The van der Waals surface area contributed by atoms with Gasteiger partial charge in [0.05, 0.1) is 0 Å². The molecule has 1 atom stereocenters. The lowest BCUT2D eigenvalue weighted by Crippen LogP contribution is -1.99. The van der Waals surface area contributed by atoms with Crippen molar-refractivity contribution in [2.24, 2.45) is 0 Å². The third-order valence-electron chi connectivity index (χ3n) is 1.54. The largest absolute Gasteiger partial charge is 0.317 e. The summed E-state index contributed by atoms with van der Waals surface area (Å²) in [7, 11) is 0. The van der Waals surface area contributed by atoms with E-state index in [1.165, 1.54) is 0 Å². The van der Waals surface area contributed by atoms with Crippen LogP contribution in [-0.2, 0) is 0 Å². The van der Waals surface area contributed by atoms with Crippen LogP contribution in [0.3, 0.4) is 0 Å². The molecule has 0 aliphatic rings. The molecular weight excluding hydrogens is 114 g/mol. The van der Waals surface area contributed by atoms with Crippen LogP contribution < -0.4 is 0 Å². The Morgan fingerprint density at radius 2 is 2.00 bits per heavy atom. The Morgan fingerprint density at radius 3 is 2.44 bits per heavy atom. The van der Waals surface area contributed by atoms with Crippen LogP contribution in [0.2, 0.25) is 0 Å². The monoisotopic (exact) mass is 125 g/mol. The van der Waals surface area contributed by atoms with Gasteiger partial charge >= 0.3 is 0 Å². The van der Waals surface area contributed by atoms with Crippen molar-refractivity contribution in [2.45, 2.75) is 26.3 Å². The van der Waals surface area contributed by atoms with Crippen molar-refractivity contribution in [2.75, 3.05) is 0 Å². The molecule has 1 unspecified atom stereocenters. The normalized spacial score (nSPS) is 13.6. The maximum atomic E-state index is 3.70. The molecule has 50 valence electrons. The lowest BCUT2D eigenvalue weighted by atomic mass is 10.3. The highest BCUT2D eigenvalue weighted by molar-refractivity contribution is 4.66. The fourth-order valence-corrected chi connectivity index (χ4v) is 0.647. The number of nitrogens with zero attached hydrogens (tertiary/aromatic N) is 3. The van der Waals surface area contributed by atoms with E-state index in [9.17, 15) is 0 Å². The highest BCUT2D eigenvalue weighted by atomic mass is 15.2. The molecule has 3 heteroatoms. The molecule has 9 heavy (non-hydrogen) atoms. The van der Waals surface area contributed by atoms with Crippen LogP contribution >= 0.6 is 0 Å². The molecule has 0 saturated heterocycles. The van der Waals surface area contributed by atoms with E-state index in [2.05, 4.69) is 24.0 Å². The lowest BCUT2D eigenvalue weighted by molar-refractivity contribution is 0.529. The smallest absolute Gasteiger partial charge is 0.119 e. The minimum atomic E-state index is 0.528. The number of hydrogen-bond donors (Lipinski definition) is 0. The zero-order valence-corrected chi connectivity index (χ0v) is 5.78.